The molecule has 3 rings (SSSR count). The summed E-state index contributed by atoms with van der Waals surface area (Å²) in [6.45, 7) is 7.36. The van der Waals surface area contributed by atoms with Gasteiger partial charge in [-0.25, -0.2) is 9.67 Å². The molecule has 26 heavy (non-hydrogen) atoms. The van der Waals surface area contributed by atoms with Crippen LogP contribution in [0.2, 0.25) is 0 Å². The van der Waals surface area contributed by atoms with Crippen LogP contribution in [0.4, 0.5) is 5.82 Å². The number of amides is 1. The summed E-state index contributed by atoms with van der Waals surface area (Å²) in [6.07, 6.45) is 7.16. The molecule has 140 valence electrons. The van der Waals surface area contributed by atoms with Crippen molar-refractivity contribution in [3.05, 3.63) is 24.8 Å². The van der Waals surface area contributed by atoms with Crippen molar-refractivity contribution in [2.45, 2.75) is 39.5 Å². The number of carbonyl (C=O) groups excluding carboxylic acids is 1. The molecule has 1 aliphatic heterocycles. The molecule has 0 aliphatic carbocycles. The zero-order chi connectivity index (χ0) is 18.4. The van der Waals surface area contributed by atoms with Crippen molar-refractivity contribution in [1.29, 1.82) is 0 Å². The fraction of sp³-hybridized carbons (Fsp3) is 0.611. The van der Waals surface area contributed by atoms with Crippen LogP contribution in [-0.2, 0) is 4.79 Å². The van der Waals surface area contributed by atoms with E-state index in [1.54, 1.807) is 11.0 Å². The average molecular weight is 357 g/mol. The predicted octanol–water partition coefficient (Wildman–Crippen LogP) is 1.92. The fourth-order valence-corrected chi connectivity index (χ4v) is 3.44. The van der Waals surface area contributed by atoms with Crippen LogP contribution in [0.15, 0.2) is 24.8 Å². The quantitative estimate of drug-likeness (QED) is 0.753. The highest BCUT2D eigenvalue weighted by Crippen LogP contribution is 2.19. The fourth-order valence-electron chi connectivity index (χ4n) is 3.44. The van der Waals surface area contributed by atoms with E-state index >= 15 is 0 Å². The van der Waals surface area contributed by atoms with E-state index in [9.17, 15) is 4.79 Å². The lowest BCUT2D eigenvalue weighted by molar-refractivity contribution is -0.136. The second kappa shape index (κ2) is 8.73. The largest absolute Gasteiger partial charge is 0.352 e. The Balaban J connectivity index is 1.57. The molecule has 1 fully saturated rings. The van der Waals surface area contributed by atoms with Crippen LogP contribution in [0, 0.1) is 5.92 Å². The molecular weight excluding hydrogens is 330 g/mol. The summed E-state index contributed by atoms with van der Waals surface area (Å²) >= 11 is 0. The maximum Gasteiger partial charge on any atom is 0.225 e. The van der Waals surface area contributed by atoms with Crippen molar-refractivity contribution in [2.75, 3.05) is 31.1 Å². The predicted molar refractivity (Wildman–Crippen MR) is 99.0 cm³/mol. The molecule has 0 atom stereocenters. The van der Waals surface area contributed by atoms with E-state index in [0.717, 1.165) is 57.7 Å². The first-order valence-corrected chi connectivity index (χ1v) is 9.45. The van der Waals surface area contributed by atoms with E-state index in [4.69, 9.17) is 0 Å². The van der Waals surface area contributed by atoms with Gasteiger partial charge in [-0.15, -0.1) is 10.2 Å². The van der Waals surface area contributed by atoms with Crippen molar-refractivity contribution in [3.63, 3.8) is 0 Å². The van der Waals surface area contributed by atoms with Gasteiger partial charge >= 0.3 is 0 Å². The molecule has 0 bridgehead atoms. The zero-order valence-electron chi connectivity index (χ0n) is 15.6. The second-order valence-corrected chi connectivity index (χ2v) is 6.68. The normalized spacial score (nSPS) is 14.9. The van der Waals surface area contributed by atoms with Crippen LogP contribution in [0.5, 0.6) is 0 Å². The summed E-state index contributed by atoms with van der Waals surface area (Å²) in [5, 5.41) is 12.6. The Kier molecular flexibility index (Phi) is 6.14. The van der Waals surface area contributed by atoms with E-state index in [2.05, 4.69) is 39.0 Å². The number of aromatic nitrogens is 5. The molecule has 1 aliphatic rings. The number of nitrogens with zero attached hydrogens (tertiary/aromatic N) is 7. The van der Waals surface area contributed by atoms with Gasteiger partial charge in [0.2, 0.25) is 5.91 Å². The Labute approximate surface area is 154 Å². The molecule has 1 amide bonds. The molecule has 0 unspecified atom stereocenters. The van der Waals surface area contributed by atoms with E-state index in [1.165, 1.54) is 6.33 Å². The standard InChI is InChI=1S/C18H27N7O/c1-3-5-15(6-4-2)18(26)24-11-9-23(10-12-24)16-7-8-17(22-21-16)25-14-19-13-20-25/h7-8,13-15H,3-6,9-12H2,1-2H3. The summed E-state index contributed by atoms with van der Waals surface area (Å²) in [4.78, 5) is 20.9. The van der Waals surface area contributed by atoms with Gasteiger partial charge in [-0.3, -0.25) is 4.79 Å². The van der Waals surface area contributed by atoms with Gasteiger partial charge in [0, 0.05) is 32.1 Å². The minimum atomic E-state index is 0.179. The van der Waals surface area contributed by atoms with Crippen molar-refractivity contribution >= 4 is 11.7 Å². The molecule has 0 radical (unpaired) electrons. The highest BCUT2D eigenvalue weighted by Gasteiger charge is 2.27. The molecule has 0 aromatic carbocycles. The topological polar surface area (TPSA) is 80.0 Å². The van der Waals surface area contributed by atoms with Gasteiger partial charge in [0.25, 0.3) is 0 Å². The Bertz CT molecular complexity index is 672. The van der Waals surface area contributed by atoms with Gasteiger partial charge < -0.3 is 9.80 Å². The number of hydrogen-bond donors (Lipinski definition) is 0. The molecule has 0 N–H and O–H groups in total. The molecular formula is C18H27N7O. The van der Waals surface area contributed by atoms with Gasteiger partial charge in [0.1, 0.15) is 12.7 Å². The Morgan fingerprint density at radius 1 is 1.04 bits per heavy atom. The lowest BCUT2D eigenvalue weighted by atomic mass is 9.96. The maximum atomic E-state index is 12.8. The van der Waals surface area contributed by atoms with Gasteiger partial charge in [-0.2, -0.15) is 5.10 Å². The first-order valence-electron chi connectivity index (χ1n) is 9.45. The average Bonchev–Trinajstić information content (AvgIpc) is 3.22. The molecule has 0 saturated carbocycles. The van der Waals surface area contributed by atoms with E-state index in [0.29, 0.717) is 11.7 Å². The SMILES string of the molecule is CCCC(CCC)C(=O)N1CCN(c2ccc(-n3cncn3)nn2)CC1. The zero-order valence-corrected chi connectivity index (χ0v) is 15.6. The lowest BCUT2D eigenvalue weighted by Crippen LogP contribution is -2.50. The summed E-state index contributed by atoms with van der Waals surface area (Å²) in [6, 6.07) is 3.82. The Hall–Kier alpha value is -2.51. The molecule has 8 heteroatoms. The monoisotopic (exact) mass is 357 g/mol. The first kappa shape index (κ1) is 18.3. The first-order chi connectivity index (χ1) is 12.7. The highest BCUT2D eigenvalue weighted by atomic mass is 16.2. The van der Waals surface area contributed by atoms with Gasteiger partial charge in [-0.1, -0.05) is 26.7 Å². The van der Waals surface area contributed by atoms with Crippen LogP contribution in [0.1, 0.15) is 39.5 Å². The van der Waals surface area contributed by atoms with E-state index in [1.807, 2.05) is 17.0 Å². The van der Waals surface area contributed by atoms with Crippen molar-refractivity contribution in [2.24, 2.45) is 5.92 Å². The van der Waals surface area contributed by atoms with E-state index < -0.39 is 0 Å². The molecule has 3 heterocycles. The van der Waals surface area contributed by atoms with E-state index in [-0.39, 0.29) is 5.92 Å². The number of hydrogen-bond acceptors (Lipinski definition) is 6. The van der Waals surface area contributed by atoms with Gasteiger partial charge in [0.05, 0.1) is 0 Å². The third kappa shape index (κ3) is 4.17. The summed E-state index contributed by atoms with van der Waals surface area (Å²) < 4.78 is 1.58. The Morgan fingerprint density at radius 3 is 2.23 bits per heavy atom. The van der Waals surface area contributed by atoms with Gasteiger partial charge in [-0.05, 0) is 25.0 Å². The number of piperazine rings is 1. The van der Waals surface area contributed by atoms with Crippen molar-refractivity contribution in [3.8, 4) is 5.82 Å². The second-order valence-electron chi connectivity index (χ2n) is 6.68. The summed E-state index contributed by atoms with van der Waals surface area (Å²) in [5.74, 6) is 1.97. The minimum Gasteiger partial charge on any atom is -0.352 e. The third-order valence-electron chi connectivity index (χ3n) is 4.83. The molecule has 8 nitrogen and oxygen atoms in total. The molecule has 2 aromatic heterocycles. The lowest BCUT2D eigenvalue weighted by Gasteiger charge is -2.36. The number of rotatable bonds is 7. The minimum absolute atomic E-state index is 0.179. The molecule has 0 spiro atoms. The molecule has 1 saturated heterocycles. The number of anilines is 1. The Morgan fingerprint density at radius 2 is 1.69 bits per heavy atom. The van der Waals surface area contributed by atoms with Crippen molar-refractivity contribution in [1.82, 2.24) is 29.9 Å². The maximum absolute atomic E-state index is 12.8. The molecule has 2 aromatic rings. The van der Waals surface area contributed by atoms with Crippen LogP contribution >= 0.6 is 0 Å². The van der Waals surface area contributed by atoms with Crippen LogP contribution in [0.25, 0.3) is 5.82 Å². The highest BCUT2D eigenvalue weighted by molar-refractivity contribution is 5.79. The number of carbonyl (C=O) groups is 1. The smallest absolute Gasteiger partial charge is 0.225 e. The van der Waals surface area contributed by atoms with Crippen molar-refractivity contribution < 1.29 is 4.79 Å². The third-order valence-corrected chi connectivity index (χ3v) is 4.83. The summed E-state index contributed by atoms with van der Waals surface area (Å²) in [7, 11) is 0. The van der Waals surface area contributed by atoms with Gasteiger partial charge in [0.15, 0.2) is 11.6 Å². The van der Waals surface area contributed by atoms with Crippen LogP contribution in [-0.4, -0.2) is 61.9 Å². The van der Waals surface area contributed by atoms with Crippen LogP contribution < -0.4 is 4.90 Å². The van der Waals surface area contributed by atoms with Crippen LogP contribution in [0.3, 0.4) is 0 Å². The summed E-state index contributed by atoms with van der Waals surface area (Å²) in [5.41, 5.74) is 0.